The van der Waals surface area contributed by atoms with Gasteiger partial charge in [0, 0.05) is 37.4 Å². The van der Waals surface area contributed by atoms with Gasteiger partial charge < -0.3 is 4.90 Å². The number of rotatable bonds is 5. The number of thioether (sulfide) groups is 1. The highest BCUT2D eigenvalue weighted by Crippen LogP contribution is 2.15. The fraction of sp³-hybridized carbons (Fsp3) is 0.500. The Kier molecular flexibility index (Phi) is 6.26. The molecule has 1 saturated heterocycles. The third-order valence-electron chi connectivity index (χ3n) is 3.65. The fourth-order valence-electron chi connectivity index (χ4n) is 2.19. The van der Waals surface area contributed by atoms with Gasteiger partial charge in [-0.25, -0.2) is 5.43 Å². The number of benzene rings is 1. The van der Waals surface area contributed by atoms with E-state index in [1.807, 2.05) is 12.1 Å². The summed E-state index contributed by atoms with van der Waals surface area (Å²) in [7, 11) is 2.11. The summed E-state index contributed by atoms with van der Waals surface area (Å²) >= 11 is 1.63. The summed E-state index contributed by atoms with van der Waals surface area (Å²) in [5, 5.41) is 4.24. The number of nitrogens with zero attached hydrogens (tertiary/aromatic N) is 2. The van der Waals surface area contributed by atoms with Crippen molar-refractivity contribution < 1.29 is 4.79 Å². The maximum absolute atomic E-state index is 11.8. The summed E-state index contributed by atoms with van der Waals surface area (Å²) in [5.41, 5.74) is 6.34. The quantitative estimate of drug-likeness (QED) is 0.850. The van der Waals surface area contributed by atoms with E-state index < -0.39 is 0 Å². The molecule has 0 unspecified atom stereocenters. The lowest BCUT2D eigenvalue weighted by Gasteiger charge is -2.22. The van der Waals surface area contributed by atoms with Gasteiger partial charge in [0.2, 0.25) is 5.91 Å². The van der Waals surface area contributed by atoms with Gasteiger partial charge >= 0.3 is 0 Å². The first-order valence-electron chi connectivity index (χ1n) is 7.30. The molecule has 1 aliphatic rings. The maximum atomic E-state index is 11.8. The summed E-state index contributed by atoms with van der Waals surface area (Å²) in [6.45, 7) is 4.15. The second-order valence-corrected chi connectivity index (χ2v) is 6.42. The molecule has 1 heterocycles. The normalized spacial score (nSPS) is 15.8. The molecule has 0 radical (unpaired) electrons. The topological polar surface area (TPSA) is 44.7 Å². The smallest absolute Gasteiger partial charge is 0.250 e. The summed E-state index contributed by atoms with van der Waals surface area (Å²) in [5.74, 6) is 1.30. The molecule has 21 heavy (non-hydrogen) atoms. The minimum absolute atomic E-state index is 0.0139. The summed E-state index contributed by atoms with van der Waals surface area (Å²) in [6, 6.07) is 8.28. The number of carbonyl (C=O) groups excluding carboxylic acids is 1. The third-order valence-corrected chi connectivity index (χ3v) is 4.64. The average Bonchev–Trinajstić information content (AvgIpc) is 2.49. The van der Waals surface area contributed by atoms with Gasteiger partial charge in [-0.15, -0.1) is 11.8 Å². The number of hydrazone groups is 1. The molecule has 1 aromatic rings. The van der Waals surface area contributed by atoms with E-state index in [4.69, 9.17) is 0 Å². The van der Waals surface area contributed by atoms with Crippen LogP contribution < -0.4 is 5.43 Å². The van der Waals surface area contributed by atoms with Crippen LogP contribution >= 0.6 is 11.8 Å². The summed E-state index contributed by atoms with van der Waals surface area (Å²) in [4.78, 5) is 14.1. The van der Waals surface area contributed by atoms with Crippen LogP contribution in [0.5, 0.6) is 0 Å². The molecular formula is C16H23N3OS. The average molecular weight is 305 g/mol. The Morgan fingerprint density at radius 3 is 2.76 bits per heavy atom. The molecule has 0 spiro atoms. The molecule has 0 aromatic heterocycles. The van der Waals surface area contributed by atoms with Gasteiger partial charge in [0.1, 0.15) is 0 Å². The van der Waals surface area contributed by atoms with Crippen molar-refractivity contribution in [3.63, 3.8) is 0 Å². The van der Waals surface area contributed by atoms with Gasteiger partial charge in [-0.1, -0.05) is 24.3 Å². The number of aryl methyl sites for hydroxylation is 1. The number of hydrogen-bond acceptors (Lipinski definition) is 4. The van der Waals surface area contributed by atoms with Gasteiger partial charge in [-0.3, -0.25) is 4.79 Å². The second kappa shape index (κ2) is 8.20. The van der Waals surface area contributed by atoms with Crippen LogP contribution in [-0.4, -0.2) is 42.4 Å². The Labute approximate surface area is 131 Å². The van der Waals surface area contributed by atoms with Gasteiger partial charge in [-0.05, 0) is 25.1 Å². The molecular weight excluding hydrogens is 282 g/mol. The van der Waals surface area contributed by atoms with Crippen molar-refractivity contribution in [3.05, 3.63) is 35.4 Å². The summed E-state index contributed by atoms with van der Waals surface area (Å²) in [6.07, 6.45) is 1.90. The number of carbonyl (C=O) groups is 1. The Balaban J connectivity index is 1.68. The van der Waals surface area contributed by atoms with Crippen molar-refractivity contribution >= 4 is 23.4 Å². The Bertz CT molecular complexity index is 506. The number of hydrogen-bond donors (Lipinski definition) is 1. The number of nitrogens with one attached hydrogen (secondary N) is 1. The highest BCUT2D eigenvalue weighted by atomic mass is 32.2. The van der Waals surface area contributed by atoms with E-state index in [1.54, 1.807) is 11.8 Å². The molecule has 0 atom stereocenters. The molecule has 4 nitrogen and oxygen atoms in total. The van der Waals surface area contributed by atoms with Crippen molar-refractivity contribution in [3.8, 4) is 0 Å². The first-order valence-corrected chi connectivity index (χ1v) is 8.45. The van der Waals surface area contributed by atoms with Crippen molar-refractivity contribution in [2.24, 2.45) is 5.10 Å². The minimum Gasteiger partial charge on any atom is -0.306 e. The number of piperidine rings is 1. The molecule has 0 bridgehead atoms. The van der Waals surface area contributed by atoms with Crippen molar-refractivity contribution in [1.29, 1.82) is 0 Å². The Hall–Kier alpha value is -1.33. The predicted octanol–water partition coefficient (Wildman–Crippen LogP) is 2.43. The maximum Gasteiger partial charge on any atom is 0.250 e. The highest BCUT2D eigenvalue weighted by molar-refractivity contribution is 7.99. The predicted molar refractivity (Wildman–Crippen MR) is 89.6 cm³/mol. The van der Waals surface area contributed by atoms with E-state index in [0.717, 1.165) is 37.4 Å². The third kappa shape index (κ3) is 5.52. The number of amides is 1. The van der Waals surface area contributed by atoms with Crippen LogP contribution in [0.3, 0.4) is 0 Å². The monoisotopic (exact) mass is 305 g/mol. The van der Waals surface area contributed by atoms with Crippen LogP contribution in [0.4, 0.5) is 0 Å². The highest BCUT2D eigenvalue weighted by Gasteiger charge is 2.11. The molecule has 0 saturated carbocycles. The minimum atomic E-state index is -0.0139. The molecule has 0 aliphatic carbocycles. The molecule has 1 fully saturated rings. The van der Waals surface area contributed by atoms with Crippen LogP contribution in [0, 0.1) is 6.92 Å². The first kappa shape index (κ1) is 16.0. The van der Waals surface area contributed by atoms with Gasteiger partial charge in [0.25, 0.3) is 0 Å². The lowest BCUT2D eigenvalue weighted by atomic mass is 10.1. The molecule has 1 amide bonds. The van der Waals surface area contributed by atoms with Crippen LogP contribution in [0.15, 0.2) is 29.4 Å². The zero-order chi connectivity index (χ0) is 15.1. The molecule has 1 aliphatic heterocycles. The van der Waals surface area contributed by atoms with E-state index in [-0.39, 0.29) is 5.91 Å². The van der Waals surface area contributed by atoms with Crippen LogP contribution in [-0.2, 0) is 10.5 Å². The molecule has 1 N–H and O–H groups in total. The van der Waals surface area contributed by atoms with E-state index in [9.17, 15) is 4.79 Å². The van der Waals surface area contributed by atoms with Crippen molar-refractivity contribution in [2.45, 2.75) is 25.5 Å². The van der Waals surface area contributed by atoms with Gasteiger partial charge in [0.15, 0.2) is 0 Å². The molecule has 5 heteroatoms. The van der Waals surface area contributed by atoms with E-state index in [0.29, 0.717) is 5.75 Å². The second-order valence-electron chi connectivity index (χ2n) is 5.44. The standard InChI is InChI=1S/C16H23N3OS/c1-13-5-3-4-6-14(13)11-21-12-16(20)18-17-15-7-9-19(2)10-8-15/h3-6H,7-12H2,1-2H3,(H,18,20). The summed E-state index contributed by atoms with van der Waals surface area (Å²) < 4.78 is 0. The fourth-order valence-corrected chi connectivity index (χ4v) is 3.08. The first-order chi connectivity index (χ1) is 10.1. The van der Waals surface area contributed by atoms with E-state index in [1.165, 1.54) is 11.1 Å². The van der Waals surface area contributed by atoms with Crippen LogP contribution in [0.2, 0.25) is 0 Å². The Morgan fingerprint density at radius 1 is 1.33 bits per heavy atom. The van der Waals surface area contributed by atoms with E-state index >= 15 is 0 Å². The molecule has 114 valence electrons. The van der Waals surface area contributed by atoms with Gasteiger partial charge in [-0.2, -0.15) is 5.10 Å². The van der Waals surface area contributed by atoms with Crippen molar-refractivity contribution in [2.75, 3.05) is 25.9 Å². The Morgan fingerprint density at radius 2 is 2.05 bits per heavy atom. The van der Waals surface area contributed by atoms with Crippen molar-refractivity contribution in [1.82, 2.24) is 10.3 Å². The molecule has 1 aromatic carbocycles. The number of likely N-dealkylation sites (tertiary alicyclic amines) is 1. The van der Waals surface area contributed by atoms with Crippen LogP contribution in [0.1, 0.15) is 24.0 Å². The zero-order valence-corrected chi connectivity index (χ0v) is 13.6. The largest absolute Gasteiger partial charge is 0.306 e. The molecule has 2 rings (SSSR count). The lowest BCUT2D eigenvalue weighted by Crippen LogP contribution is -2.32. The van der Waals surface area contributed by atoms with Crippen LogP contribution in [0.25, 0.3) is 0 Å². The zero-order valence-electron chi connectivity index (χ0n) is 12.8. The lowest BCUT2D eigenvalue weighted by molar-refractivity contribution is -0.118. The SMILES string of the molecule is Cc1ccccc1CSCC(=O)NN=C1CCN(C)CC1. The van der Waals surface area contributed by atoms with E-state index in [2.05, 4.69) is 41.5 Å². The van der Waals surface area contributed by atoms with Gasteiger partial charge in [0.05, 0.1) is 5.75 Å².